The zero-order valence-electron chi connectivity index (χ0n) is 35.0. The van der Waals surface area contributed by atoms with E-state index in [4.69, 9.17) is 4.42 Å². The average molecular weight is 816 g/mol. The van der Waals surface area contributed by atoms with Crippen molar-refractivity contribution in [1.29, 1.82) is 0 Å². The maximum absolute atomic E-state index is 6.43. The lowest BCUT2D eigenvalue weighted by Crippen LogP contribution is -2.09. The summed E-state index contributed by atoms with van der Waals surface area (Å²) in [5.41, 5.74) is 16.9. The molecular formula is C62H41NO. The molecule has 64 heavy (non-hydrogen) atoms. The first kappa shape index (κ1) is 37.3. The number of furan rings is 1. The predicted octanol–water partition coefficient (Wildman–Crippen LogP) is 17.7. The molecule has 0 aliphatic heterocycles. The molecular weight excluding hydrogens is 775 g/mol. The van der Waals surface area contributed by atoms with Crippen LogP contribution in [0.3, 0.4) is 0 Å². The van der Waals surface area contributed by atoms with Gasteiger partial charge >= 0.3 is 0 Å². The van der Waals surface area contributed by atoms with Gasteiger partial charge in [-0.1, -0.05) is 200 Å². The van der Waals surface area contributed by atoms with E-state index in [1.165, 1.54) is 66.1 Å². The van der Waals surface area contributed by atoms with Crippen molar-refractivity contribution in [3.63, 3.8) is 0 Å². The standard InChI is InChI=1S/C62H41NO/c1-2-11-51-41-52(28-27-42(51)9-1)47-25-23-44(24-26-47)43-19-21-45(22-20-43)46-29-35-53(36-30-46)63(54-37-31-49(32-38-54)57-15-7-12-48-10-3-4-13-56(48)57)55-39-33-50(34-40-55)58-16-8-17-60-59-14-5-6-18-61(59)64-62(58)60/h1-41H. The molecule has 11 aromatic carbocycles. The minimum absolute atomic E-state index is 0.905. The Balaban J connectivity index is 0.854. The molecule has 12 aromatic rings. The lowest BCUT2D eigenvalue weighted by Gasteiger charge is -2.26. The molecule has 0 aliphatic rings. The summed E-state index contributed by atoms with van der Waals surface area (Å²) in [5, 5.41) is 7.28. The quantitative estimate of drug-likeness (QED) is 0.152. The lowest BCUT2D eigenvalue weighted by atomic mass is 9.97. The molecule has 2 heteroatoms. The largest absolute Gasteiger partial charge is 0.455 e. The van der Waals surface area contributed by atoms with Crippen LogP contribution in [0, 0.1) is 0 Å². The van der Waals surface area contributed by atoms with E-state index in [1.807, 2.05) is 12.1 Å². The normalized spacial score (nSPS) is 11.4. The Morgan fingerprint density at radius 2 is 0.656 bits per heavy atom. The van der Waals surface area contributed by atoms with Crippen LogP contribution in [0.5, 0.6) is 0 Å². The molecule has 0 aliphatic carbocycles. The summed E-state index contributed by atoms with van der Waals surface area (Å²) in [6.45, 7) is 0. The second-order valence-corrected chi connectivity index (χ2v) is 16.5. The van der Waals surface area contributed by atoms with Crippen LogP contribution in [-0.4, -0.2) is 0 Å². The molecule has 1 heterocycles. The van der Waals surface area contributed by atoms with Crippen molar-refractivity contribution >= 4 is 60.5 Å². The summed E-state index contributed by atoms with van der Waals surface area (Å²) < 4.78 is 6.43. The third kappa shape index (κ3) is 6.79. The van der Waals surface area contributed by atoms with E-state index in [0.29, 0.717) is 0 Å². The van der Waals surface area contributed by atoms with Gasteiger partial charge in [-0.3, -0.25) is 0 Å². The second-order valence-electron chi connectivity index (χ2n) is 16.5. The Morgan fingerprint density at radius 3 is 1.28 bits per heavy atom. The second kappa shape index (κ2) is 15.8. The number of rotatable bonds is 8. The van der Waals surface area contributed by atoms with Crippen molar-refractivity contribution in [2.24, 2.45) is 0 Å². The van der Waals surface area contributed by atoms with Crippen molar-refractivity contribution in [3.8, 4) is 55.6 Å². The van der Waals surface area contributed by atoms with Gasteiger partial charge in [0.2, 0.25) is 0 Å². The number of nitrogens with zero attached hydrogens (tertiary/aromatic N) is 1. The molecule has 0 saturated carbocycles. The van der Waals surface area contributed by atoms with Crippen LogP contribution in [0.2, 0.25) is 0 Å². The summed E-state index contributed by atoms with van der Waals surface area (Å²) in [6, 6.07) is 89.6. The first-order valence-corrected chi connectivity index (χ1v) is 21.9. The summed E-state index contributed by atoms with van der Waals surface area (Å²) in [5.74, 6) is 0. The zero-order valence-corrected chi connectivity index (χ0v) is 35.0. The topological polar surface area (TPSA) is 16.4 Å². The van der Waals surface area contributed by atoms with Crippen molar-refractivity contribution in [2.75, 3.05) is 4.90 Å². The van der Waals surface area contributed by atoms with Crippen LogP contribution < -0.4 is 4.90 Å². The van der Waals surface area contributed by atoms with Crippen molar-refractivity contribution in [2.45, 2.75) is 0 Å². The maximum Gasteiger partial charge on any atom is 0.143 e. The number of benzene rings is 11. The third-order valence-corrected chi connectivity index (χ3v) is 12.7. The predicted molar refractivity (Wildman–Crippen MR) is 271 cm³/mol. The summed E-state index contributed by atoms with van der Waals surface area (Å²) in [4.78, 5) is 2.34. The summed E-state index contributed by atoms with van der Waals surface area (Å²) in [6.07, 6.45) is 0. The van der Waals surface area contributed by atoms with Gasteiger partial charge in [-0.05, 0) is 120 Å². The Hall–Kier alpha value is -8.46. The first-order chi connectivity index (χ1) is 31.7. The average Bonchev–Trinajstić information content (AvgIpc) is 3.76. The SMILES string of the molecule is c1ccc2cc(-c3ccc(-c4ccc(-c5ccc(N(c6ccc(-c7cccc8ccccc78)cc6)c6ccc(-c7cccc8c7oc7ccccc78)cc6)cc5)cc4)cc3)ccc2c1. The highest BCUT2D eigenvalue weighted by Crippen LogP contribution is 2.41. The Bertz CT molecular complexity index is 3610. The van der Waals surface area contributed by atoms with E-state index in [9.17, 15) is 0 Å². The number of fused-ring (bicyclic) bond motifs is 5. The summed E-state index contributed by atoms with van der Waals surface area (Å²) >= 11 is 0. The van der Waals surface area contributed by atoms with Gasteiger partial charge in [0.25, 0.3) is 0 Å². The van der Waals surface area contributed by atoms with E-state index in [2.05, 4.69) is 241 Å². The van der Waals surface area contributed by atoms with Crippen LogP contribution in [-0.2, 0) is 0 Å². The van der Waals surface area contributed by atoms with E-state index in [1.54, 1.807) is 0 Å². The van der Waals surface area contributed by atoms with Crippen molar-refractivity contribution in [1.82, 2.24) is 0 Å². The van der Waals surface area contributed by atoms with Crippen LogP contribution >= 0.6 is 0 Å². The van der Waals surface area contributed by atoms with Crippen LogP contribution in [0.15, 0.2) is 253 Å². The van der Waals surface area contributed by atoms with E-state index < -0.39 is 0 Å². The molecule has 0 unspecified atom stereocenters. The van der Waals surface area contributed by atoms with Crippen LogP contribution in [0.1, 0.15) is 0 Å². The Morgan fingerprint density at radius 1 is 0.250 bits per heavy atom. The van der Waals surface area contributed by atoms with Gasteiger partial charge in [-0.15, -0.1) is 0 Å². The molecule has 0 amide bonds. The smallest absolute Gasteiger partial charge is 0.143 e. The molecule has 0 saturated heterocycles. The highest BCUT2D eigenvalue weighted by Gasteiger charge is 2.16. The fourth-order valence-corrected chi connectivity index (χ4v) is 9.36. The molecule has 1 aromatic heterocycles. The molecule has 300 valence electrons. The van der Waals surface area contributed by atoms with E-state index in [-0.39, 0.29) is 0 Å². The van der Waals surface area contributed by atoms with E-state index >= 15 is 0 Å². The molecule has 2 nitrogen and oxygen atoms in total. The molecule has 0 N–H and O–H groups in total. The Labute approximate surface area is 372 Å². The van der Waals surface area contributed by atoms with Gasteiger partial charge in [0.05, 0.1) is 0 Å². The highest BCUT2D eigenvalue weighted by atomic mass is 16.3. The van der Waals surface area contributed by atoms with Gasteiger partial charge in [0.15, 0.2) is 0 Å². The van der Waals surface area contributed by atoms with Gasteiger partial charge in [0.1, 0.15) is 11.2 Å². The van der Waals surface area contributed by atoms with Gasteiger partial charge < -0.3 is 9.32 Å². The number of hydrogen-bond acceptors (Lipinski definition) is 2. The molecule has 0 atom stereocenters. The van der Waals surface area contributed by atoms with Crippen LogP contribution in [0.25, 0.3) is 99.1 Å². The van der Waals surface area contributed by atoms with Gasteiger partial charge in [0, 0.05) is 33.4 Å². The lowest BCUT2D eigenvalue weighted by molar-refractivity contribution is 0.670. The molecule has 0 spiro atoms. The minimum Gasteiger partial charge on any atom is -0.455 e. The van der Waals surface area contributed by atoms with Gasteiger partial charge in [-0.2, -0.15) is 0 Å². The fourth-order valence-electron chi connectivity index (χ4n) is 9.36. The fraction of sp³-hybridized carbons (Fsp3) is 0. The highest BCUT2D eigenvalue weighted by molar-refractivity contribution is 6.09. The molecule has 0 fully saturated rings. The van der Waals surface area contributed by atoms with Crippen LogP contribution in [0.4, 0.5) is 17.1 Å². The monoisotopic (exact) mass is 815 g/mol. The van der Waals surface area contributed by atoms with E-state index in [0.717, 1.165) is 50.1 Å². The molecule has 0 radical (unpaired) electrons. The Kier molecular flexibility index (Phi) is 9.20. The third-order valence-electron chi connectivity index (χ3n) is 12.7. The van der Waals surface area contributed by atoms with Crippen molar-refractivity contribution in [3.05, 3.63) is 249 Å². The summed E-state index contributed by atoms with van der Waals surface area (Å²) in [7, 11) is 0. The first-order valence-electron chi connectivity index (χ1n) is 21.9. The number of anilines is 3. The van der Waals surface area contributed by atoms with Crippen molar-refractivity contribution < 1.29 is 4.42 Å². The zero-order chi connectivity index (χ0) is 42.4. The number of para-hydroxylation sites is 2. The number of hydrogen-bond donors (Lipinski definition) is 0. The van der Waals surface area contributed by atoms with Gasteiger partial charge in [-0.25, -0.2) is 0 Å². The minimum atomic E-state index is 0.905. The molecule has 12 rings (SSSR count). The molecule has 0 bridgehead atoms. The maximum atomic E-state index is 6.43.